The standard InChI is InChI=1S/C11H17N3S/c1-11(2)8-14(6-7-15-11)10-5-3-4-9(12)13-10/h3-5H,6-8H2,1-2H3,(H2,12,13). The molecule has 15 heavy (non-hydrogen) atoms. The first kappa shape index (κ1) is 10.6. The van der Waals surface area contributed by atoms with E-state index in [1.54, 1.807) is 0 Å². The lowest BCUT2D eigenvalue weighted by Crippen LogP contribution is -2.43. The normalized spacial score (nSPS) is 20.3. The van der Waals surface area contributed by atoms with Crippen LogP contribution in [0.5, 0.6) is 0 Å². The third-order valence-electron chi connectivity index (χ3n) is 2.51. The van der Waals surface area contributed by atoms with Gasteiger partial charge in [-0.3, -0.25) is 0 Å². The minimum Gasteiger partial charge on any atom is -0.384 e. The maximum absolute atomic E-state index is 5.69. The number of anilines is 2. The van der Waals surface area contributed by atoms with Gasteiger partial charge in [-0.15, -0.1) is 0 Å². The Kier molecular flexibility index (Phi) is 2.78. The Balaban J connectivity index is 2.17. The molecular formula is C11H17N3S. The van der Waals surface area contributed by atoms with Crippen molar-refractivity contribution >= 4 is 23.4 Å². The largest absolute Gasteiger partial charge is 0.384 e. The maximum atomic E-state index is 5.69. The first-order valence-electron chi connectivity index (χ1n) is 5.18. The second-order valence-corrected chi connectivity index (χ2v) is 6.25. The zero-order valence-electron chi connectivity index (χ0n) is 9.23. The molecule has 1 fully saturated rings. The lowest BCUT2D eigenvalue weighted by atomic mass is 10.2. The van der Waals surface area contributed by atoms with Crippen LogP contribution in [0.4, 0.5) is 11.6 Å². The summed E-state index contributed by atoms with van der Waals surface area (Å²) in [6.07, 6.45) is 0. The molecule has 0 amide bonds. The van der Waals surface area contributed by atoms with E-state index in [4.69, 9.17) is 5.73 Å². The average molecular weight is 223 g/mol. The highest BCUT2D eigenvalue weighted by atomic mass is 32.2. The lowest BCUT2D eigenvalue weighted by molar-refractivity contribution is 0.642. The third-order valence-corrected chi connectivity index (χ3v) is 3.80. The molecule has 0 aliphatic carbocycles. The SMILES string of the molecule is CC1(C)CN(c2cccc(N)n2)CCS1. The number of hydrogen-bond donors (Lipinski definition) is 1. The Hall–Kier alpha value is -0.900. The van der Waals surface area contributed by atoms with Crippen LogP contribution in [0.3, 0.4) is 0 Å². The molecule has 0 saturated carbocycles. The molecule has 0 unspecified atom stereocenters. The molecule has 82 valence electrons. The minimum absolute atomic E-state index is 0.310. The third kappa shape index (κ3) is 2.56. The number of nitrogens with two attached hydrogens (primary N) is 1. The highest BCUT2D eigenvalue weighted by Gasteiger charge is 2.27. The van der Waals surface area contributed by atoms with Crippen LogP contribution in [0.15, 0.2) is 18.2 Å². The van der Waals surface area contributed by atoms with Crippen molar-refractivity contribution in [3.63, 3.8) is 0 Å². The number of nitrogen functional groups attached to an aromatic ring is 1. The van der Waals surface area contributed by atoms with E-state index in [0.717, 1.165) is 24.7 Å². The molecule has 0 atom stereocenters. The molecule has 2 rings (SSSR count). The van der Waals surface area contributed by atoms with E-state index < -0.39 is 0 Å². The number of nitrogens with zero attached hydrogens (tertiary/aromatic N) is 2. The molecular weight excluding hydrogens is 206 g/mol. The van der Waals surface area contributed by atoms with E-state index in [0.29, 0.717) is 10.6 Å². The van der Waals surface area contributed by atoms with Gasteiger partial charge in [0.2, 0.25) is 0 Å². The number of thioether (sulfide) groups is 1. The summed E-state index contributed by atoms with van der Waals surface area (Å²) in [5.41, 5.74) is 5.69. The van der Waals surface area contributed by atoms with Gasteiger partial charge in [0.15, 0.2) is 0 Å². The topological polar surface area (TPSA) is 42.1 Å². The predicted octanol–water partition coefficient (Wildman–Crippen LogP) is 2.00. The van der Waals surface area contributed by atoms with Gasteiger partial charge >= 0.3 is 0 Å². The van der Waals surface area contributed by atoms with Gasteiger partial charge in [0, 0.05) is 23.6 Å². The smallest absolute Gasteiger partial charge is 0.131 e. The van der Waals surface area contributed by atoms with Crippen LogP contribution < -0.4 is 10.6 Å². The molecule has 0 radical (unpaired) electrons. The van der Waals surface area contributed by atoms with Crippen LogP contribution in [-0.4, -0.2) is 28.6 Å². The van der Waals surface area contributed by atoms with Gasteiger partial charge in [0.25, 0.3) is 0 Å². The molecule has 0 spiro atoms. The average Bonchev–Trinajstić information content (AvgIpc) is 2.16. The minimum atomic E-state index is 0.310. The van der Waals surface area contributed by atoms with E-state index in [1.807, 2.05) is 30.0 Å². The predicted molar refractivity (Wildman–Crippen MR) is 67.4 cm³/mol. The summed E-state index contributed by atoms with van der Waals surface area (Å²) in [7, 11) is 0. The molecule has 4 heteroatoms. The number of rotatable bonds is 1. The van der Waals surface area contributed by atoms with Crippen LogP contribution >= 0.6 is 11.8 Å². The number of aromatic nitrogens is 1. The summed E-state index contributed by atoms with van der Waals surface area (Å²) in [5, 5.41) is 0. The molecule has 1 aliphatic rings. The molecule has 0 bridgehead atoms. The van der Waals surface area contributed by atoms with Gasteiger partial charge in [-0.05, 0) is 26.0 Å². The molecule has 0 aromatic carbocycles. The zero-order chi connectivity index (χ0) is 10.9. The second kappa shape index (κ2) is 3.93. The molecule has 1 aromatic rings. The van der Waals surface area contributed by atoms with Crippen molar-refractivity contribution < 1.29 is 0 Å². The Bertz CT molecular complexity index is 351. The first-order valence-corrected chi connectivity index (χ1v) is 6.17. The van der Waals surface area contributed by atoms with Crippen molar-refractivity contribution in [2.45, 2.75) is 18.6 Å². The number of pyridine rings is 1. The second-order valence-electron chi connectivity index (χ2n) is 4.45. The van der Waals surface area contributed by atoms with E-state index in [2.05, 4.69) is 23.7 Å². The summed E-state index contributed by atoms with van der Waals surface area (Å²) >= 11 is 2.02. The summed E-state index contributed by atoms with van der Waals surface area (Å²) in [6.45, 7) is 6.64. The van der Waals surface area contributed by atoms with Gasteiger partial charge in [-0.25, -0.2) is 4.98 Å². The monoisotopic (exact) mass is 223 g/mol. The Morgan fingerprint density at radius 3 is 2.93 bits per heavy atom. The van der Waals surface area contributed by atoms with Crippen molar-refractivity contribution in [2.24, 2.45) is 0 Å². The zero-order valence-corrected chi connectivity index (χ0v) is 10.0. The van der Waals surface area contributed by atoms with E-state index in [1.165, 1.54) is 0 Å². The fourth-order valence-corrected chi connectivity index (χ4v) is 2.94. The van der Waals surface area contributed by atoms with E-state index in [-0.39, 0.29) is 0 Å². The van der Waals surface area contributed by atoms with Crippen LogP contribution in [0, 0.1) is 0 Å². The highest BCUT2D eigenvalue weighted by Crippen LogP contribution is 2.31. The molecule has 3 nitrogen and oxygen atoms in total. The fraction of sp³-hybridized carbons (Fsp3) is 0.545. The molecule has 1 aliphatic heterocycles. The summed E-state index contributed by atoms with van der Waals surface area (Å²) in [6, 6.07) is 5.82. The van der Waals surface area contributed by atoms with Crippen LogP contribution in [0.2, 0.25) is 0 Å². The van der Waals surface area contributed by atoms with Crippen molar-refractivity contribution in [3.8, 4) is 0 Å². The van der Waals surface area contributed by atoms with Gasteiger partial charge in [-0.1, -0.05) is 6.07 Å². The Morgan fingerprint density at radius 2 is 2.27 bits per heavy atom. The molecule has 2 N–H and O–H groups in total. The first-order chi connectivity index (χ1) is 7.07. The van der Waals surface area contributed by atoms with Crippen molar-refractivity contribution in [3.05, 3.63) is 18.2 Å². The van der Waals surface area contributed by atoms with Gasteiger partial charge < -0.3 is 10.6 Å². The van der Waals surface area contributed by atoms with Crippen LogP contribution in [-0.2, 0) is 0 Å². The molecule has 1 aromatic heterocycles. The van der Waals surface area contributed by atoms with Gasteiger partial charge in [0.1, 0.15) is 11.6 Å². The number of hydrogen-bond acceptors (Lipinski definition) is 4. The van der Waals surface area contributed by atoms with Gasteiger partial charge in [0.05, 0.1) is 0 Å². The van der Waals surface area contributed by atoms with Crippen molar-refractivity contribution in [1.82, 2.24) is 4.98 Å². The summed E-state index contributed by atoms with van der Waals surface area (Å²) < 4.78 is 0.310. The van der Waals surface area contributed by atoms with Crippen LogP contribution in [0.25, 0.3) is 0 Å². The van der Waals surface area contributed by atoms with Crippen molar-refractivity contribution in [1.29, 1.82) is 0 Å². The van der Waals surface area contributed by atoms with Crippen LogP contribution in [0.1, 0.15) is 13.8 Å². The Morgan fingerprint density at radius 1 is 1.47 bits per heavy atom. The highest BCUT2D eigenvalue weighted by molar-refractivity contribution is 8.00. The maximum Gasteiger partial charge on any atom is 0.131 e. The van der Waals surface area contributed by atoms with Gasteiger partial charge in [-0.2, -0.15) is 11.8 Å². The fourth-order valence-electron chi connectivity index (χ4n) is 1.83. The summed E-state index contributed by atoms with van der Waals surface area (Å²) in [4.78, 5) is 6.67. The summed E-state index contributed by atoms with van der Waals surface area (Å²) in [5.74, 6) is 2.76. The Labute approximate surface area is 95.1 Å². The quantitative estimate of drug-likeness (QED) is 0.790. The van der Waals surface area contributed by atoms with E-state index >= 15 is 0 Å². The van der Waals surface area contributed by atoms with Crippen molar-refractivity contribution in [2.75, 3.05) is 29.5 Å². The molecule has 2 heterocycles. The van der Waals surface area contributed by atoms with E-state index in [9.17, 15) is 0 Å². The lowest BCUT2D eigenvalue weighted by Gasteiger charge is -2.38. The molecule has 1 saturated heterocycles.